The van der Waals surface area contributed by atoms with Crippen molar-refractivity contribution in [3.8, 4) is 0 Å². The van der Waals surface area contributed by atoms with E-state index < -0.39 is 0 Å². The molecule has 0 aromatic carbocycles. The summed E-state index contributed by atoms with van der Waals surface area (Å²) >= 11 is 0. The van der Waals surface area contributed by atoms with Gasteiger partial charge in [0.1, 0.15) is 0 Å². The maximum Gasteiger partial charge on any atom is 0.152 e. The van der Waals surface area contributed by atoms with Gasteiger partial charge >= 0.3 is 0 Å². The van der Waals surface area contributed by atoms with Crippen LogP contribution in [0.25, 0.3) is 0 Å². The molecule has 1 rings (SSSR count). The molecule has 1 fully saturated rings. The summed E-state index contributed by atoms with van der Waals surface area (Å²) in [4.78, 5) is 5.00. The van der Waals surface area contributed by atoms with E-state index in [2.05, 4.69) is 5.16 Å². The molecule has 52 valence electrons. The lowest BCUT2D eigenvalue weighted by Crippen LogP contribution is -2.07. The third kappa shape index (κ3) is 2.01. The molecule has 0 amide bonds. The van der Waals surface area contributed by atoms with Crippen LogP contribution in [0.1, 0.15) is 13.3 Å². The Labute approximate surface area is 54.6 Å². The molecule has 0 aliphatic carbocycles. The Morgan fingerprint density at radius 3 is 3.22 bits per heavy atom. The average Bonchev–Trinajstić information content (AvgIpc) is 2.34. The van der Waals surface area contributed by atoms with Crippen LogP contribution in [0, 0.1) is 0 Å². The first kappa shape index (κ1) is 6.55. The molecule has 1 unspecified atom stereocenters. The number of oxime groups is 1. The smallest absolute Gasteiger partial charge is 0.152 e. The summed E-state index contributed by atoms with van der Waals surface area (Å²) in [5.41, 5.74) is 0. The first-order chi connectivity index (χ1) is 4.43. The van der Waals surface area contributed by atoms with Crippen LogP contribution in [-0.4, -0.2) is 25.5 Å². The van der Waals surface area contributed by atoms with Crippen molar-refractivity contribution < 1.29 is 9.57 Å². The van der Waals surface area contributed by atoms with Gasteiger partial charge in [0.05, 0.1) is 13.2 Å². The van der Waals surface area contributed by atoms with Gasteiger partial charge < -0.3 is 9.57 Å². The largest absolute Gasteiger partial charge is 0.390 e. The summed E-state index contributed by atoms with van der Waals surface area (Å²) in [6.07, 6.45) is 2.80. The molecule has 1 saturated heterocycles. The Kier molecular flexibility index (Phi) is 2.51. The number of hydrogen-bond acceptors (Lipinski definition) is 3. The van der Waals surface area contributed by atoms with Crippen LogP contribution in [0.2, 0.25) is 0 Å². The van der Waals surface area contributed by atoms with Crippen LogP contribution in [0.5, 0.6) is 0 Å². The highest BCUT2D eigenvalue weighted by molar-refractivity contribution is 5.52. The summed E-state index contributed by atoms with van der Waals surface area (Å²) in [7, 11) is 0. The van der Waals surface area contributed by atoms with Crippen molar-refractivity contribution in [2.75, 3.05) is 13.2 Å². The van der Waals surface area contributed by atoms with E-state index in [4.69, 9.17) is 9.57 Å². The van der Waals surface area contributed by atoms with Crippen LogP contribution in [-0.2, 0) is 9.57 Å². The summed E-state index contributed by atoms with van der Waals surface area (Å²) < 4.78 is 5.06. The van der Waals surface area contributed by atoms with Gasteiger partial charge in [0.2, 0.25) is 0 Å². The minimum atomic E-state index is 0.196. The summed E-state index contributed by atoms with van der Waals surface area (Å²) in [5.74, 6) is 0. The number of hydrogen-bond donors (Lipinski definition) is 0. The maximum absolute atomic E-state index is 5.06. The van der Waals surface area contributed by atoms with Crippen molar-refractivity contribution >= 4 is 6.21 Å². The van der Waals surface area contributed by atoms with Crippen molar-refractivity contribution in [3.05, 3.63) is 0 Å². The Hall–Kier alpha value is -0.570. The topological polar surface area (TPSA) is 30.8 Å². The van der Waals surface area contributed by atoms with Crippen molar-refractivity contribution in [1.29, 1.82) is 0 Å². The lowest BCUT2D eigenvalue weighted by Gasteiger charge is -2.02. The molecule has 0 aromatic rings. The first-order valence-electron chi connectivity index (χ1n) is 3.15. The van der Waals surface area contributed by atoms with Crippen molar-refractivity contribution in [2.45, 2.75) is 19.4 Å². The second kappa shape index (κ2) is 3.45. The van der Waals surface area contributed by atoms with E-state index >= 15 is 0 Å². The molecular formula is C6H11NO2. The zero-order chi connectivity index (χ0) is 6.53. The van der Waals surface area contributed by atoms with E-state index in [1.165, 1.54) is 0 Å². The van der Waals surface area contributed by atoms with Crippen LogP contribution in [0.3, 0.4) is 0 Å². The van der Waals surface area contributed by atoms with Gasteiger partial charge in [-0.05, 0) is 6.92 Å². The number of ether oxygens (including phenoxy) is 1. The predicted octanol–water partition coefficient (Wildman–Crippen LogP) is 0.798. The van der Waals surface area contributed by atoms with E-state index in [0.29, 0.717) is 6.61 Å². The molecule has 0 radical (unpaired) electrons. The molecule has 1 aliphatic heterocycles. The quantitative estimate of drug-likeness (QED) is 0.408. The Balaban J connectivity index is 2.11. The fraction of sp³-hybridized carbons (Fsp3) is 0.833. The van der Waals surface area contributed by atoms with Crippen molar-refractivity contribution in [1.82, 2.24) is 0 Å². The molecule has 0 aromatic heterocycles. The molecule has 1 atom stereocenters. The zero-order valence-corrected chi connectivity index (χ0v) is 5.54. The van der Waals surface area contributed by atoms with E-state index in [9.17, 15) is 0 Å². The first-order valence-corrected chi connectivity index (χ1v) is 3.15. The summed E-state index contributed by atoms with van der Waals surface area (Å²) in [6, 6.07) is 0. The maximum atomic E-state index is 5.06. The summed E-state index contributed by atoms with van der Waals surface area (Å²) in [6.45, 7) is 3.33. The van der Waals surface area contributed by atoms with Gasteiger partial charge in [-0.2, -0.15) is 0 Å². The Morgan fingerprint density at radius 2 is 2.67 bits per heavy atom. The van der Waals surface area contributed by atoms with Crippen LogP contribution in [0.4, 0.5) is 0 Å². The van der Waals surface area contributed by atoms with Gasteiger partial charge in [-0.25, -0.2) is 0 Å². The standard InChI is InChI=1S/C6H11NO2/c1-2-7-9-6-3-4-8-5-6/h2,6H,3-5H2,1H3/b7-2-. The van der Waals surface area contributed by atoms with E-state index in [0.717, 1.165) is 13.0 Å². The van der Waals surface area contributed by atoms with E-state index in [1.807, 2.05) is 6.92 Å². The molecule has 1 heterocycles. The minimum Gasteiger partial charge on any atom is -0.390 e. The Morgan fingerprint density at radius 1 is 1.78 bits per heavy atom. The molecule has 1 aliphatic rings. The number of rotatable bonds is 2. The minimum absolute atomic E-state index is 0.196. The molecule has 0 N–H and O–H groups in total. The predicted molar refractivity (Wildman–Crippen MR) is 34.5 cm³/mol. The third-order valence-electron chi connectivity index (χ3n) is 1.20. The van der Waals surface area contributed by atoms with Gasteiger partial charge in [0.25, 0.3) is 0 Å². The lowest BCUT2D eigenvalue weighted by atomic mass is 10.3. The van der Waals surface area contributed by atoms with Crippen molar-refractivity contribution in [2.24, 2.45) is 5.16 Å². The van der Waals surface area contributed by atoms with Crippen LogP contribution >= 0.6 is 0 Å². The summed E-state index contributed by atoms with van der Waals surface area (Å²) in [5, 5.41) is 3.65. The average molecular weight is 129 g/mol. The zero-order valence-electron chi connectivity index (χ0n) is 5.54. The molecule has 0 saturated carbocycles. The van der Waals surface area contributed by atoms with Crippen LogP contribution in [0.15, 0.2) is 5.16 Å². The fourth-order valence-corrected chi connectivity index (χ4v) is 0.743. The van der Waals surface area contributed by atoms with E-state index in [-0.39, 0.29) is 6.10 Å². The monoisotopic (exact) mass is 129 g/mol. The molecule has 0 spiro atoms. The second-order valence-electron chi connectivity index (χ2n) is 1.95. The highest BCUT2D eigenvalue weighted by atomic mass is 16.7. The van der Waals surface area contributed by atoms with Gasteiger partial charge in [-0.1, -0.05) is 5.16 Å². The highest BCUT2D eigenvalue weighted by Crippen LogP contribution is 2.07. The van der Waals surface area contributed by atoms with Crippen LogP contribution < -0.4 is 0 Å². The molecular weight excluding hydrogens is 118 g/mol. The molecule has 0 bridgehead atoms. The van der Waals surface area contributed by atoms with Gasteiger partial charge in [-0.15, -0.1) is 0 Å². The Bertz CT molecular complexity index is 97.2. The van der Waals surface area contributed by atoms with E-state index in [1.54, 1.807) is 6.21 Å². The second-order valence-corrected chi connectivity index (χ2v) is 1.95. The number of nitrogens with zero attached hydrogens (tertiary/aromatic N) is 1. The SMILES string of the molecule is C/C=N\OC1CCOC1. The van der Waals surface area contributed by atoms with Gasteiger partial charge in [0, 0.05) is 12.6 Å². The molecule has 9 heavy (non-hydrogen) atoms. The fourth-order valence-electron chi connectivity index (χ4n) is 0.743. The highest BCUT2D eigenvalue weighted by Gasteiger charge is 2.15. The van der Waals surface area contributed by atoms with Crippen molar-refractivity contribution in [3.63, 3.8) is 0 Å². The lowest BCUT2D eigenvalue weighted by molar-refractivity contribution is 0.0483. The third-order valence-corrected chi connectivity index (χ3v) is 1.20. The molecule has 3 heteroatoms. The molecule has 3 nitrogen and oxygen atoms in total. The normalized spacial score (nSPS) is 27.4. The van der Waals surface area contributed by atoms with Gasteiger partial charge in [-0.3, -0.25) is 0 Å². The van der Waals surface area contributed by atoms with Gasteiger partial charge in [0.15, 0.2) is 6.10 Å².